The number of hydrogen-bond donors (Lipinski definition) is 3. The van der Waals surface area contributed by atoms with Gasteiger partial charge in [0.2, 0.25) is 4.84 Å². The molecule has 12 heavy (non-hydrogen) atoms. The van der Waals surface area contributed by atoms with E-state index < -0.39 is 16.8 Å². The van der Waals surface area contributed by atoms with Crippen molar-refractivity contribution in [1.82, 2.24) is 0 Å². The molecule has 4 N–H and O–H groups in total. The van der Waals surface area contributed by atoms with Crippen molar-refractivity contribution < 1.29 is 47.1 Å². The van der Waals surface area contributed by atoms with Crippen molar-refractivity contribution in [2.45, 2.75) is 4.84 Å². The molecular weight excluding hydrogens is 309 g/mol. The minimum Gasteiger partial charge on any atom is -0.480 e. The first-order chi connectivity index (χ1) is 4.91. The number of hydrogen-bond acceptors (Lipinski definition) is 3. The number of carbonyl (C=O) groups is 2. The molecule has 0 atom stereocenters. The Balaban J connectivity index is -0.000000126. The largest absolute Gasteiger partial charge is 0.480 e. The van der Waals surface area contributed by atoms with Crippen molar-refractivity contribution in [2.75, 3.05) is 6.54 Å². The van der Waals surface area contributed by atoms with Gasteiger partial charge in [-0.05, 0) is 0 Å². The third kappa shape index (κ3) is 22.4. The Kier molecular flexibility index (Phi) is 17.3. The third-order valence-corrected chi connectivity index (χ3v) is 0.735. The fraction of sp³-hybridized carbons (Fsp3) is 0.500. The van der Waals surface area contributed by atoms with Gasteiger partial charge in [-0.1, -0.05) is 23.2 Å². The van der Waals surface area contributed by atoms with Crippen LogP contribution < -0.4 is 5.73 Å². The fourth-order valence-electron chi connectivity index (χ4n) is 0. The van der Waals surface area contributed by atoms with E-state index in [4.69, 9.17) is 33.4 Å². The zero-order chi connectivity index (χ0) is 9.44. The molecule has 0 aromatic heterocycles. The van der Waals surface area contributed by atoms with E-state index in [1.165, 1.54) is 0 Å². The Morgan fingerprint density at radius 3 is 1.50 bits per heavy atom. The van der Waals surface area contributed by atoms with Gasteiger partial charge in [-0.2, -0.15) is 0 Å². The normalized spacial score (nSPS) is 7.67. The van der Waals surface area contributed by atoms with E-state index in [1.54, 1.807) is 0 Å². The van der Waals surface area contributed by atoms with Crippen LogP contribution in [-0.4, -0.2) is 33.5 Å². The minimum atomic E-state index is -1.29. The molecule has 5 nitrogen and oxygen atoms in total. The minimum absolute atomic E-state index is 0. The number of rotatable bonds is 2. The van der Waals surface area contributed by atoms with Crippen LogP contribution in [0.15, 0.2) is 0 Å². The smallest absolute Gasteiger partial charge is 0.337 e. The van der Waals surface area contributed by atoms with Crippen molar-refractivity contribution in [3.05, 3.63) is 0 Å². The van der Waals surface area contributed by atoms with Crippen LogP contribution in [0.2, 0.25) is 0 Å². The average Bonchev–Trinajstić information content (AvgIpc) is 1.89. The van der Waals surface area contributed by atoms with E-state index >= 15 is 0 Å². The molecule has 0 spiro atoms. The number of alkyl halides is 2. The Bertz CT molecular complexity index is 143. The summed E-state index contributed by atoms with van der Waals surface area (Å²) in [6.45, 7) is -0.278. The Labute approximate surface area is 99.0 Å². The van der Waals surface area contributed by atoms with Crippen molar-refractivity contribution in [1.29, 1.82) is 0 Å². The van der Waals surface area contributed by atoms with E-state index in [-0.39, 0.29) is 33.8 Å². The van der Waals surface area contributed by atoms with E-state index in [2.05, 4.69) is 5.73 Å². The van der Waals surface area contributed by atoms with Crippen molar-refractivity contribution in [3.63, 3.8) is 0 Å². The van der Waals surface area contributed by atoms with Gasteiger partial charge >= 0.3 is 11.9 Å². The molecule has 0 saturated carbocycles. The standard InChI is InChI=1S/C2H2Cl2O2.C2H5NO2.Cd/c3-1(4)2(5)6;3-1-2(4)5;/h1H,(H,5,6);1,3H2,(H,4,5);. The fourth-order valence-corrected chi connectivity index (χ4v) is 0. The number of nitrogens with two attached hydrogens (primary N) is 1. The number of carboxylic acid groups (broad SMARTS) is 2. The van der Waals surface area contributed by atoms with Crippen LogP contribution in [0.4, 0.5) is 0 Å². The second kappa shape index (κ2) is 11.4. The summed E-state index contributed by atoms with van der Waals surface area (Å²) in [6.07, 6.45) is 0. The summed E-state index contributed by atoms with van der Waals surface area (Å²) in [7, 11) is 0. The van der Waals surface area contributed by atoms with Gasteiger partial charge < -0.3 is 15.9 Å². The second-order valence-corrected chi connectivity index (χ2v) is 2.33. The first-order valence-electron chi connectivity index (χ1n) is 2.34. The molecule has 0 amide bonds. The van der Waals surface area contributed by atoms with Crippen LogP contribution in [0.3, 0.4) is 0 Å². The van der Waals surface area contributed by atoms with Gasteiger partial charge in [-0.15, -0.1) is 0 Å². The van der Waals surface area contributed by atoms with Crippen LogP contribution in [0, 0.1) is 0 Å². The van der Waals surface area contributed by atoms with Crippen LogP contribution in [0.1, 0.15) is 0 Å². The summed E-state index contributed by atoms with van der Waals surface area (Å²) >= 11 is 9.56. The maximum absolute atomic E-state index is 9.44. The summed E-state index contributed by atoms with van der Waals surface area (Å²) in [5, 5.41) is 15.3. The predicted octanol–water partition coefficient (Wildman–Crippen LogP) is -0.0981. The van der Waals surface area contributed by atoms with E-state index in [1.807, 2.05) is 0 Å². The molecule has 8 heteroatoms. The summed E-state index contributed by atoms with van der Waals surface area (Å²) in [4.78, 5) is 17.4. The zero-order valence-electron chi connectivity index (χ0n) is 6.04. The number of halogens is 2. The topological polar surface area (TPSA) is 101 Å². The summed E-state index contributed by atoms with van der Waals surface area (Å²) in [5.74, 6) is -2.18. The van der Waals surface area contributed by atoms with Gasteiger partial charge in [-0.25, -0.2) is 4.79 Å². The van der Waals surface area contributed by atoms with Gasteiger partial charge in [0.25, 0.3) is 0 Å². The van der Waals surface area contributed by atoms with Crippen LogP contribution >= 0.6 is 23.2 Å². The van der Waals surface area contributed by atoms with Gasteiger partial charge in [0, 0.05) is 27.3 Å². The maximum atomic E-state index is 9.44. The molecule has 0 rings (SSSR count). The average molecular weight is 316 g/mol. The molecule has 0 heterocycles. The predicted molar refractivity (Wildman–Crippen MR) is 39.8 cm³/mol. The van der Waals surface area contributed by atoms with Crippen molar-refractivity contribution in [2.24, 2.45) is 5.73 Å². The maximum Gasteiger partial charge on any atom is 0.337 e. The van der Waals surface area contributed by atoms with Crippen LogP contribution in [0.25, 0.3) is 0 Å². The van der Waals surface area contributed by atoms with Crippen LogP contribution in [0.5, 0.6) is 0 Å². The van der Waals surface area contributed by atoms with E-state index in [9.17, 15) is 9.59 Å². The second-order valence-electron chi connectivity index (χ2n) is 1.24. The van der Waals surface area contributed by atoms with Gasteiger partial charge in [0.1, 0.15) is 0 Å². The first kappa shape index (κ1) is 18.2. The van der Waals surface area contributed by atoms with Crippen LogP contribution in [-0.2, 0) is 36.9 Å². The summed E-state index contributed by atoms with van der Waals surface area (Å²) in [5.41, 5.74) is 4.57. The molecule has 0 aromatic carbocycles. The molecule has 0 bridgehead atoms. The monoisotopic (exact) mass is 317 g/mol. The molecule has 0 fully saturated rings. The zero-order valence-corrected chi connectivity index (χ0v) is 11.6. The Morgan fingerprint density at radius 2 is 1.50 bits per heavy atom. The van der Waals surface area contributed by atoms with Gasteiger partial charge in [0.05, 0.1) is 6.54 Å². The van der Waals surface area contributed by atoms with E-state index in [0.717, 1.165) is 0 Å². The number of carboxylic acids is 2. The molecular formula is C4H7CdCl2NO4. The van der Waals surface area contributed by atoms with Gasteiger partial charge in [-0.3, -0.25) is 4.79 Å². The third-order valence-electron chi connectivity index (χ3n) is 0.361. The van der Waals surface area contributed by atoms with Gasteiger partial charge in [0.15, 0.2) is 0 Å². The molecule has 0 radical (unpaired) electrons. The summed E-state index contributed by atoms with van der Waals surface area (Å²) < 4.78 is 0. The molecule has 0 unspecified atom stereocenters. The first-order valence-corrected chi connectivity index (χ1v) is 3.22. The van der Waals surface area contributed by atoms with Crippen molar-refractivity contribution >= 4 is 35.1 Å². The molecule has 68 valence electrons. The number of aliphatic carboxylic acids is 2. The molecule has 0 saturated heterocycles. The summed E-state index contributed by atoms with van der Waals surface area (Å²) in [6, 6.07) is 0. The van der Waals surface area contributed by atoms with E-state index in [0.29, 0.717) is 0 Å². The Morgan fingerprint density at radius 1 is 1.33 bits per heavy atom. The van der Waals surface area contributed by atoms with Crippen molar-refractivity contribution in [3.8, 4) is 0 Å². The molecule has 0 aromatic rings. The quantitative estimate of drug-likeness (QED) is 0.488. The molecule has 0 aliphatic heterocycles. The Hall–Kier alpha value is 0.402. The molecule has 0 aliphatic rings. The molecule has 0 aliphatic carbocycles. The SMILES string of the molecule is NCC(=O)O.O=C(O)C(Cl)Cl.[Cd].